The van der Waals surface area contributed by atoms with Crippen molar-refractivity contribution in [3.63, 3.8) is 0 Å². The molecule has 0 spiro atoms. The molecule has 0 aromatic heterocycles. The average molecular weight is 208 g/mol. The van der Waals surface area contributed by atoms with Crippen molar-refractivity contribution in [1.82, 2.24) is 0 Å². The van der Waals surface area contributed by atoms with E-state index in [0.29, 0.717) is 11.4 Å². The van der Waals surface area contributed by atoms with Crippen molar-refractivity contribution >= 4 is 34.3 Å². The van der Waals surface area contributed by atoms with Crippen molar-refractivity contribution < 1.29 is 9.59 Å². The summed E-state index contributed by atoms with van der Waals surface area (Å²) < 4.78 is 0. The van der Waals surface area contributed by atoms with E-state index >= 15 is 0 Å². The molecule has 4 nitrogen and oxygen atoms in total. The zero-order chi connectivity index (χ0) is 10.1. The third-order valence-electron chi connectivity index (χ3n) is 1.93. The number of carbonyl (C=O) groups is 2. The minimum Gasteiger partial charge on any atom is -0.397 e. The van der Waals surface area contributed by atoms with Gasteiger partial charge in [0, 0.05) is 0 Å². The fraction of sp³-hybridized carbons (Fsp3) is 0.111. The highest BCUT2D eigenvalue weighted by atomic mass is 32.2. The van der Waals surface area contributed by atoms with Gasteiger partial charge in [0.1, 0.15) is 0 Å². The molecule has 1 heterocycles. The highest BCUT2D eigenvalue weighted by molar-refractivity contribution is 8.15. The molecule has 2 N–H and O–H groups in total. The van der Waals surface area contributed by atoms with E-state index in [1.807, 2.05) is 0 Å². The molecule has 0 aliphatic carbocycles. The van der Waals surface area contributed by atoms with Gasteiger partial charge in [-0.05, 0) is 12.1 Å². The van der Waals surface area contributed by atoms with Crippen LogP contribution in [0.3, 0.4) is 0 Å². The largest absolute Gasteiger partial charge is 0.397 e. The summed E-state index contributed by atoms with van der Waals surface area (Å²) >= 11 is 0.999. The van der Waals surface area contributed by atoms with Crippen molar-refractivity contribution in [3.8, 4) is 0 Å². The van der Waals surface area contributed by atoms with Crippen molar-refractivity contribution in [1.29, 1.82) is 0 Å². The van der Waals surface area contributed by atoms with Crippen LogP contribution >= 0.6 is 11.8 Å². The first-order valence-corrected chi connectivity index (χ1v) is 5.03. The number of rotatable bonds is 1. The van der Waals surface area contributed by atoms with Gasteiger partial charge in [0.15, 0.2) is 0 Å². The summed E-state index contributed by atoms with van der Waals surface area (Å²) in [5.41, 5.74) is 6.59. The predicted molar refractivity (Wildman–Crippen MR) is 56.2 cm³/mol. The van der Waals surface area contributed by atoms with Crippen molar-refractivity contribution in [2.24, 2.45) is 0 Å². The summed E-state index contributed by atoms with van der Waals surface area (Å²) in [6, 6.07) is 6.84. The molecule has 14 heavy (non-hydrogen) atoms. The molecule has 1 aromatic carbocycles. The Kier molecular flexibility index (Phi) is 2.17. The van der Waals surface area contributed by atoms with E-state index in [1.54, 1.807) is 24.3 Å². The first kappa shape index (κ1) is 9.08. The number of nitrogens with zero attached hydrogens (tertiary/aromatic N) is 1. The molecule has 1 aliphatic rings. The van der Waals surface area contributed by atoms with Crippen LogP contribution in [0.1, 0.15) is 0 Å². The van der Waals surface area contributed by atoms with Gasteiger partial charge in [-0.2, -0.15) is 0 Å². The summed E-state index contributed by atoms with van der Waals surface area (Å²) in [4.78, 5) is 23.8. The van der Waals surface area contributed by atoms with Crippen LogP contribution in [0.5, 0.6) is 0 Å². The van der Waals surface area contributed by atoms with Gasteiger partial charge < -0.3 is 5.73 Å². The maximum atomic E-state index is 11.4. The minimum atomic E-state index is -0.257. The van der Waals surface area contributed by atoms with Gasteiger partial charge in [-0.3, -0.25) is 9.59 Å². The molecule has 5 heteroatoms. The molecule has 72 valence electrons. The molecule has 0 bridgehead atoms. The van der Waals surface area contributed by atoms with E-state index in [2.05, 4.69) is 0 Å². The lowest BCUT2D eigenvalue weighted by Gasteiger charge is -2.14. The second kappa shape index (κ2) is 3.34. The van der Waals surface area contributed by atoms with Crippen LogP contribution in [-0.4, -0.2) is 16.9 Å². The van der Waals surface area contributed by atoms with Crippen LogP contribution in [0.4, 0.5) is 16.2 Å². The van der Waals surface area contributed by atoms with E-state index in [-0.39, 0.29) is 16.9 Å². The number of benzene rings is 1. The fourth-order valence-corrected chi connectivity index (χ4v) is 1.98. The number of imide groups is 1. The highest BCUT2D eigenvalue weighted by Gasteiger charge is 2.32. The van der Waals surface area contributed by atoms with Crippen LogP contribution in [0.25, 0.3) is 0 Å². The summed E-state index contributed by atoms with van der Waals surface area (Å²) in [5, 5.41) is -0.257. The van der Waals surface area contributed by atoms with Gasteiger partial charge in [-0.25, -0.2) is 4.90 Å². The third kappa shape index (κ3) is 1.35. The summed E-state index contributed by atoms with van der Waals surface area (Å²) in [6.07, 6.45) is 0. The molecule has 1 aliphatic heterocycles. The highest BCUT2D eigenvalue weighted by Crippen LogP contribution is 2.30. The normalized spacial score (nSPS) is 16.4. The minimum absolute atomic E-state index is 0.202. The summed E-state index contributed by atoms with van der Waals surface area (Å²) in [7, 11) is 0. The number of hydrogen-bond donors (Lipinski definition) is 1. The van der Waals surface area contributed by atoms with E-state index in [0.717, 1.165) is 16.7 Å². The molecule has 1 fully saturated rings. The Morgan fingerprint density at radius 3 is 2.57 bits per heavy atom. The Morgan fingerprint density at radius 2 is 2.00 bits per heavy atom. The van der Waals surface area contributed by atoms with Crippen molar-refractivity contribution in [3.05, 3.63) is 24.3 Å². The Hall–Kier alpha value is -1.49. The maximum absolute atomic E-state index is 11.4. The maximum Gasteiger partial charge on any atom is 0.293 e. The number of para-hydroxylation sites is 2. The lowest BCUT2D eigenvalue weighted by Crippen LogP contribution is -2.28. The Morgan fingerprint density at radius 1 is 1.29 bits per heavy atom. The Balaban J connectivity index is 2.44. The van der Waals surface area contributed by atoms with Gasteiger partial charge in [0.05, 0.1) is 17.1 Å². The summed E-state index contributed by atoms with van der Waals surface area (Å²) in [5.74, 6) is -0.00872. The molecular weight excluding hydrogens is 200 g/mol. The number of nitrogens with two attached hydrogens (primary N) is 1. The van der Waals surface area contributed by atoms with E-state index in [9.17, 15) is 9.59 Å². The van der Waals surface area contributed by atoms with Gasteiger partial charge in [-0.1, -0.05) is 23.9 Å². The predicted octanol–water partition coefficient (Wildman–Crippen LogP) is 1.47. The number of carbonyl (C=O) groups excluding carboxylic acids is 2. The van der Waals surface area contributed by atoms with Gasteiger partial charge in [0.25, 0.3) is 5.24 Å². The second-order valence-electron chi connectivity index (χ2n) is 2.84. The Labute approximate surface area is 85.1 Å². The van der Waals surface area contributed by atoms with Gasteiger partial charge in [-0.15, -0.1) is 0 Å². The smallest absolute Gasteiger partial charge is 0.293 e. The number of nitrogen functional groups attached to an aromatic ring is 1. The molecule has 0 saturated carbocycles. The molecular formula is C9H8N2O2S. The zero-order valence-corrected chi connectivity index (χ0v) is 8.08. The zero-order valence-electron chi connectivity index (χ0n) is 7.27. The monoisotopic (exact) mass is 208 g/mol. The molecule has 0 unspecified atom stereocenters. The fourth-order valence-electron chi connectivity index (χ4n) is 1.28. The van der Waals surface area contributed by atoms with Gasteiger partial charge >= 0.3 is 0 Å². The molecule has 1 saturated heterocycles. The Bertz CT molecular complexity index is 390. The average Bonchev–Trinajstić information content (AvgIpc) is 2.48. The number of thioether (sulfide) groups is 1. The topological polar surface area (TPSA) is 63.4 Å². The van der Waals surface area contributed by atoms with E-state index in [4.69, 9.17) is 5.73 Å². The molecule has 0 atom stereocenters. The third-order valence-corrected chi connectivity index (χ3v) is 2.75. The van der Waals surface area contributed by atoms with Crippen molar-refractivity contribution in [2.75, 3.05) is 16.4 Å². The first-order valence-electron chi connectivity index (χ1n) is 4.04. The number of anilines is 2. The van der Waals surface area contributed by atoms with E-state index in [1.165, 1.54) is 0 Å². The molecule has 2 rings (SSSR count). The number of hydrogen-bond acceptors (Lipinski definition) is 4. The summed E-state index contributed by atoms with van der Waals surface area (Å²) in [6.45, 7) is 0. The van der Waals surface area contributed by atoms with Gasteiger partial charge in [0.2, 0.25) is 5.91 Å². The van der Waals surface area contributed by atoms with Crippen molar-refractivity contribution in [2.45, 2.75) is 0 Å². The molecule has 0 radical (unpaired) electrons. The van der Waals surface area contributed by atoms with Crippen LogP contribution in [0.15, 0.2) is 24.3 Å². The SMILES string of the molecule is Nc1ccccc1N1C(=O)CSC1=O. The van der Waals surface area contributed by atoms with Crippen LogP contribution < -0.4 is 10.6 Å². The molecule has 1 aromatic rings. The lowest BCUT2D eigenvalue weighted by molar-refractivity contribution is -0.115. The van der Waals surface area contributed by atoms with Crippen LogP contribution in [0.2, 0.25) is 0 Å². The quantitative estimate of drug-likeness (QED) is 0.710. The first-order chi connectivity index (χ1) is 6.70. The van der Waals surface area contributed by atoms with E-state index < -0.39 is 0 Å². The number of amides is 2. The standard InChI is InChI=1S/C9H8N2O2S/c10-6-3-1-2-4-7(6)11-8(12)5-14-9(11)13/h1-4H,5,10H2. The van der Waals surface area contributed by atoms with Crippen LogP contribution in [0, 0.1) is 0 Å². The molecule has 2 amide bonds. The lowest BCUT2D eigenvalue weighted by atomic mass is 10.2. The van der Waals surface area contributed by atoms with Crippen LogP contribution in [-0.2, 0) is 4.79 Å². The second-order valence-corrected chi connectivity index (χ2v) is 3.77.